The van der Waals surface area contributed by atoms with Gasteiger partial charge in [0.05, 0.1) is 23.7 Å². The van der Waals surface area contributed by atoms with Crippen molar-refractivity contribution >= 4 is 15.7 Å². The van der Waals surface area contributed by atoms with E-state index in [-0.39, 0.29) is 35.5 Å². The molecule has 2 heterocycles. The topological polar surface area (TPSA) is 90.3 Å². The summed E-state index contributed by atoms with van der Waals surface area (Å²) in [7, 11) is -3.03. The molecule has 7 nitrogen and oxygen atoms in total. The highest BCUT2D eigenvalue weighted by molar-refractivity contribution is 7.91. The fourth-order valence-corrected chi connectivity index (χ4v) is 5.18. The third-order valence-electron chi connectivity index (χ3n) is 4.87. The van der Waals surface area contributed by atoms with Gasteiger partial charge in [0, 0.05) is 12.2 Å². The monoisotopic (exact) mass is 419 g/mol. The second kappa shape index (κ2) is 8.57. The molecule has 2 aromatic rings. The Labute approximate surface area is 172 Å². The van der Waals surface area contributed by atoms with Crippen molar-refractivity contribution < 1.29 is 17.9 Å². The van der Waals surface area contributed by atoms with E-state index in [9.17, 15) is 13.2 Å². The average molecular weight is 420 g/mol. The summed E-state index contributed by atoms with van der Waals surface area (Å²) in [6.07, 6.45) is 0.616. The van der Waals surface area contributed by atoms with Crippen LogP contribution in [0, 0.1) is 0 Å². The minimum Gasteiger partial charge on any atom is -0.491 e. The van der Waals surface area contributed by atoms with Gasteiger partial charge in [-0.05, 0) is 49.9 Å². The normalized spacial score (nSPS) is 18.3. The molecule has 1 atom stereocenters. The summed E-state index contributed by atoms with van der Waals surface area (Å²) < 4.78 is 31.1. The number of aromatic nitrogens is 2. The number of nitrogens with one attached hydrogen (secondary N) is 1. The zero-order chi connectivity index (χ0) is 21.2. The first kappa shape index (κ1) is 21.4. The molecule has 0 saturated carbocycles. The van der Waals surface area contributed by atoms with Crippen molar-refractivity contribution in [2.75, 3.05) is 11.5 Å². The van der Waals surface area contributed by atoms with E-state index in [4.69, 9.17) is 4.74 Å². The van der Waals surface area contributed by atoms with Crippen molar-refractivity contribution in [3.05, 3.63) is 47.3 Å². The van der Waals surface area contributed by atoms with Crippen LogP contribution in [0.25, 0.3) is 0 Å². The van der Waals surface area contributed by atoms with Crippen molar-refractivity contribution in [1.29, 1.82) is 0 Å². The molecule has 0 unspecified atom stereocenters. The van der Waals surface area contributed by atoms with Gasteiger partial charge in [0.2, 0.25) is 0 Å². The number of benzene rings is 1. The number of carbonyl (C=O) groups excluding carboxylic acids is 1. The lowest BCUT2D eigenvalue weighted by atomic mass is 10.1. The molecule has 1 fully saturated rings. The number of ether oxygens (including phenoxy) is 1. The lowest BCUT2D eigenvalue weighted by Crippen LogP contribution is -2.24. The predicted molar refractivity (Wildman–Crippen MR) is 112 cm³/mol. The van der Waals surface area contributed by atoms with Crippen molar-refractivity contribution in [1.82, 2.24) is 15.1 Å². The van der Waals surface area contributed by atoms with Gasteiger partial charge in [-0.25, -0.2) is 8.42 Å². The Kier molecular flexibility index (Phi) is 6.31. The van der Waals surface area contributed by atoms with E-state index in [2.05, 4.69) is 10.4 Å². The standard InChI is InChI=1S/C21H29N3O4S/c1-14(2)20-11-19(23-24(20)17-8-9-29(26,27)13-17)21(25)22-12-16-6-5-7-18(10-16)28-15(3)4/h5-7,10-11,14-15,17H,8-9,12-13H2,1-4H3,(H,22,25)/t17-/m1/s1. The quantitative estimate of drug-likeness (QED) is 0.745. The molecule has 3 rings (SSSR count). The van der Waals surface area contributed by atoms with Gasteiger partial charge in [0.15, 0.2) is 9.84 Å². The molecule has 0 radical (unpaired) electrons. The van der Waals surface area contributed by atoms with E-state index in [0.29, 0.717) is 18.7 Å². The van der Waals surface area contributed by atoms with Crippen LogP contribution in [-0.2, 0) is 16.4 Å². The minimum atomic E-state index is -3.03. The van der Waals surface area contributed by atoms with Crippen LogP contribution < -0.4 is 10.1 Å². The largest absolute Gasteiger partial charge is 0.491 e. The molecular weight excluding hydrogens is 390 g/mol. The van der Waals surface area contributed by atoms with Crippen LogP contribution in [0.15, 0.2) is 30.3 Å². The summed E-state index contributed by atoms with van der Waals surface area (Å²) in [5.41, 5.74) is 2.12. The van der Waals surface area contributed by atoms with Crippen molar-refractivity contribution in [2.24, 2.45) is 0 Å². The first-order valence-electron chi connectivity index (χ1n) is 9.98. The maximum absolute atomic E-state index is 12.7. The highest BCUT2D eigenvalue weighted by Gasteiger charge is 2.32. The second-order valence-electron chi connectivity index (χ2n) is 8.11. The molecule has 1 N–H and O–H groups in total. The molecule has 1 aliphatic rings. The summed E-state index contributed by atoms with van der Waals surface area (Å²) >= 11 is 0. The van der Waals surface area contributed by atoms with Crippen LogP contribution in [-0.4, -0.2) is 41.7 Å². The number of carbonyl (C=O) groups is 1. The van der Waals surface area contributed by atoms with Crippen molar-refractivity contribution in [3.8, 4) is 5.75 Å². The van der Waals surface area contributed by atoms with Crippen LogP contribution in [0.5, 0.6) is 5.75 Å². The number of rotatable bonds is 7. The Hall–Kier alpha value is -2.35. The molecule has 1 aromatic heterocycles. The molecule has 0 bridgehead atoms. The number of sulfone groups is 1. The van der Waals surface area contributed by atoms with Gasteiger partial charge in [-0.15, -0.1) is 0 Å². The lowest BCUT2D eigenvalue weighted by Gasteiger charge is -2.15. The number of hydrogen-bond acceptors (Lipinski definition) is 5. The average Bonchev–Trinajstić information content (AvgIpc) is 3.23. The van der Waals surface area contributed by atoms with Gasteiger partial charge in [-0.3, -0.25) is 9.48 Å². The molecule has 1 amide bonds. The Balaban J connectivity index is 1.72. The molecule has 1 saturated heterocycles. The SMILES string of the molecule is CC(C)Oc1cccc(CNC(=O)c2cc(C(C)C)n([C@@H]3CCS(=O)(=O)C3)n2)c1. The number of amides is 1. The summed E-state index contributed by atoms with van der Waals surface area (Å²) in [4.78, 5) is 12.7. The van der Waals surface area contributed by atoms with Gasteiger partial charge in [-0.1, -0.05) is 26.0 Å². The molecule has 158 valence electrons. The molecule has 29 heavy (non-hydrogen) atoms. The molecule has 8 heteroatoms. The van der Waals surface area contributed by atoms with E-state index in [1.165, 1.54) is 0 Å². The summed E-state index contributed by atoms with van der Waals surface area (Å²) in [5.74, 6) is 0.878. The van der Waals surface area contributed by atoms with Crippen molar-refractivity contribution in [3.63, 3.8) is 0 Å². The second-order valence-corrected chi connectivity index (χ2v) is 10.3. The molecule has 1 aliphatic heterocycles. The van der Waals surface area contributed by atoms with E-state index in [1.54, 1.807) is 10.7 Å². The summed E-state index contributed by atoms with van der Waals surface area (Å²) in [5, 5.41) is 7.36. The maximum Gasteiger partial charge on any atom is 0.272 e. The van der Waals surface area contributed by atoms with Gasteiger partial charge in [0.25, 0.3) is 5.91 Å². The van der Waals surface area contributed by atoms with Crippen molar-refractivity contribution in [2.45, 2.75) is 58.7 Å². The minimum absolute atomic E-state index is 0.0812. The van der Waals surface area contributed by atoms with E-state index in [1.807, 2.05) is 52.0 Å². The third kappa shape index (κ3) is 5.38. The van der Waals surface area contributed by atoms with Gasteiger partial charge in [-0.2, -0.15) is 5.10 Å². The lowest BCUT2D eigenvalue weighted by molar-refractivity contribution is 0.0944. The third-order valence-corrected chi connectivity index (χ3v) is 6.62. The number of nitrogens with zero attached hydrogens (tertiary/aromatic N) is 2. The zero-order valence-corrected chi connectivity index (χ0v) is 18.2. The predicted octanol–water partition coefficient (Wildman–Crippen LogP) is 3.08. The summed E-state index contributed by atoms with van der Waals surface area (Å²) in [6, 6.07) is 9.17. The molecule has 1 aromatic carbocycles. The fraction of sp³-hybridized carbons (Fsp3) is 0.524. The van der Waals surface area contributed by atoms with E-state index in [0.717, 1.165) is 17.0 Å². The van der Waals surface area contributed by atoms with Crippen LogP contribution >= 0.6 is 0 Å². The fourth-order valence-electron chi connectivity index (χ4n) is 3.49. The highest BCUT2D eigenvalue weighted by Crippen LogP contribution is 2.28. The highest BCUT2D eigenvalue weighted by atomic mass is 32.2. The first-order chi connectivity index (χ1) is 13.6. The Morgan fingerprint density at radius 3 is 2.66 bits per heavy atom. The van der Waals surface area contributed by atoms with Gasteiger partial charge < -0.3 is 10.1 Å². The molecule has 0 aliphatic carbocycles. The van der Waals surface area contributed by atoms with E-state index < -0.39 is 9.84 Å². The van der Waals surface area contributed by atoms with Crippen LogP contribution in [0.3, 0.4) is 0 Å². The maximum atomic E-state index is 12.7. The van der Waals surface area contributed by atoms with Gasteiger partial charge in [0.1, 0.15) is 11.4 Å². The van der Waals surface area contributed by atoms with E-state index >= 15 is 0 Å². The summed E-state index contributed by atoms with van der Waals surface area (Å²) in [6.45, 7) is 8.31. The van der Waals surface area contributed by atoms with Gasteiger partial charge >= 0.3 is 0 Å². The van der Waals surface area contributed by atoms with Crippen LogP contribution in [0.4, 0.5) is 0 Å². The Bertz CT molecular complexity index is 980. The van der Waals surface area contributed by atoms with Crippen LogP contribution in [0.2, 0.25) is 0 Å². The number of hydrogen-bond donors (Lipinski definition) is 1. The van der Waals surface area contributed by atoms with Crippen LogP contribution in [0.1, 0.15) is 67.8 Å². The first-order valence-corrected chi connectivity index (χ1v) is 11.8. The Morgan fingerprint density at radius 1 is 1.28 bits per heavy atom. The zero-order valence-electron chi connectivity index (χ0n) is 17.4. The molecule has 0 spiro atoms. The molecular formula is C21H29N3O4S. The Morgan fingerprint density at radius 2 is 2.03 bits per heavy atom. The smallest absolute Gasteiger partial charge is 0.272 e.